The Morgan fingerprint density at radius 2 is 2.04 bits per heavy atom. The summed E-state index contributed by atoms with van der Waals surface area (Å²) in [6, 6.07) is 4.26. The van der Waals surface area contributed by atoms with E-state index in [4.69, 9.17) is 11.6 Å². The van der Waals surface area contributed by atoms with Crippen LogP contribution in [0.4, 0.5) is 0 Å². The van der Waals surface area contributed by atoms with Crippen LogP contribution < -0.4 is 16.2 Å². The predicted octanol–water partition coefficient (Wildman–Crippen LogP) is 0.678. The molecule has 7 nitrogen and oxygen atoms in total. The summed E-state index contributed by atoms with van der Waals surface area (Å²) in [5, 5.41) is 3.01. The molecule has 3 rings (SSSR count). The molecule has 2 saturated heterocycles. The molecule has 2 fully saturated rings. The van der Waals surface area contributed by atoms with Crippen LogP contribution >= 0.6 is 11.6 Å². The van der Waals surface area contributed by atoms with Crippen LogP contribution in [0.25, 0.3) is 0 Å². The van der Waals surface area contributed by atoms with E-state index in [1.165, 1.54) is 22.5 Å². The second-order valence-electron chi connectivity index (χ2n) is 5.64. The van der Waals surface area contributed by atoms with Crippen molar-refractivity contribution in [1.82, 2.24) is 20.5 Å². The number of carbonyl (C=O) groups is 1. The fourth-order valence-electron chi connectivity index (χ4n) is 2.74. The van der Waals surface area contributed by atoms with Crippen molar-refractivity contribution in [2.24, 2.45) is 0 Å². The van der Waals surface area contributed by atoms with Crippen molar-refractivity contribution in [2.45, 2.75) is 30.3 Å². The van der Waals surface area contributed by atoms with Crippen molar-refractivity contribution in [1.29, 1.82) is 0 Å². The highest BCUT2D eigenvalue weighted by Crippen LogP contribution is 2.25. The average molecular weight is 359 g/mol. The van der Waals surface area contributed by atoms with E-state index in [9.17, 15) is 13.2 Å². The van der Waals surface area contributed by atoms with Gasteiger partial charge in [0.15, 0.2) is 0 Å². The van der Waals surface area contributed by atoms with Crippen LogP contribution in [0.5, 0.6) is 0 Å². The fraction of sp³-hybridized carbons (Fsp3) is 0.500. The summed E-state index contributed by atoms with van der Waals surface area (Å²) in [7, 11) is -3.57. The molecule has 0 radical (unpaired) electrons. The SMILES string of the molecule is O=C(NC1CCNN1)c1cc(S(=O)(=O)N2CCCC2)ccc1Cl. The number of hydrazine groups is 1. The quantitative estimate of drug-likeness (QED) is 0.736. The highest BCUT2D eigenvalue weighted by molar-refractivity contribution is 7.89. The first kappa shape index (κ1) is 16.7. The van der Waals surface area contributed by atoms with Gasteiger partial charge in [-0.15, -0.1) is 0 Å². The number of carbonyl (C=O) groups excluding carboxylic acids is 1. The number of sulfonamides is 1. The summed E-state index contributed by atoms with van der Waals surface area (Å²) in [6.45, 7) is 1.79. The molecule has 1 amide bonds. The lowest BCUT2D eigenvalue weighted by Crippen LogP contribution is -2.44. The standard InChI is InChI=1S/C14H19ClN4O3S/c15-12-4-3-10(23(21,22)19-7-1-2-8-19)9-11(12)14(20)17-13-5-6-16-18-13/h3-4,9,13,16,18H,1-2,5-8H2,(H,17,20). The van der Waals surface area contributed by atoms with E-state index in [1.807, 2.05) is 0 Å². The van der Waals surface area contributed by atoms with E-state index < -0.39 is 15.9 Å². The van der Waals surface area contributed by atoms with Gasteiger partial charge in [-0.1, -0.05) is 11.6 Å². The van der Waals surface area contributed by atoms with E-state index in [1.54, 1.807) is 0 Å². The Kier molecular flexibility index (Phi) is 4.88. The number of benzene rings is 1. The van der Waals surface area contributed by atoms with Gasteiger partial charge < -0.3 is 5.32 Å². The molecule has 1 unspecified atom stereocenters. The predicted molar refractivity (Wildman–Crippen MR) is 86.5 cm³/mol. The molecule has 1 aromatic rings. The van der Waals surface area contributed by atoms with Gasteiger partial charge in [-0.05, 0) is 37.5 Å². The number of rotatable bonds is 4. The first-order valence-electron chi connectivity index (χ1n) is 7.57. The maximum atomic E-state index is 12.6. The summed E-state index contributed by atoms with van der Waals surface area (Å²) in [5.74, 6) is -0.394. The molecule has 0 saturated carbocycles. The van der Waals surface area contributed by atoms with Crippen molar-refractivity contribution < 1.29 is 13.2 Å². The van der Waals surface area contributed by atoms with Gasteiger partial charge in [0.05, 0.1) is 21.6 Å². The number of halogens is 1. The van der Waals surface area contributed by atoms with Crippen LogP contribution in [0.15, 0.2) is 23.1 Å². The lowest BCUT2D eigenvalue weighted by molar-refractivity contribution is 0.0932. The Bertz CT molecular complexity index is 698. The van der Waals surface area contributed by atoms with E-state index in [0.717, 1.165) is 25.8 Å². The molecule has 1 aromatic carbocycles. The van der Waals surface area contributed by atoms with Crippen LogP contribution in [0, 0.1) is 0 Å². The topological polar surface area (TPSA) is 90.5 Å². The molecule has 0 bridgehead atoms. The lowest BCUT2D eigenvalue weighted by atomic mass is 10.2. The van der Waals surface area contributed by atoms with Gasteiger partial charge in [0, 0.05) is 19.6 Å². The van der Waals surface area contributed by atoms with Crippen molar-refractivity contribution in [3.63, 3.8) is 0 Å². The number of nitrogens with zero attached hydrogens (tertiary/aromatic N) is 1. The van der Waals surface area contributed by atoms with Crippen LogP contribution in [-0.4, -0.2) is 44.4 Å². The van der Waals surface area contributed by atoms with E-state index >= 15 is 0 Å². The van der Waals surface area contributed by atoms with Crippen LogP contribution in [-0.2, 0) is 10.0 Å². The zero-order valence-electron chi connectivity index (χ0n) is 12.5. The maximum Gasteiger partial charge on any atom is 0.254 e. The molecule has 23 heavy (non-hydrogen) atoms. The molecule has 3 N–H and O–H groups in total. The van der Waals surface area contributed by atoms with E-state index in [2.05, 4.69) is 16.2 Å². The van der Waals surface area contributed by atoms with Crippen molar-refractivity contribution in [2.75, 3.05) is 19.6 Å². The Balaban J connectivity index is 1.85. The third kappa shape index (κ3) is 3.51. The fourth-order valence-corrected chi connectivity index (χ4v) is 4.49. The molecule has 0 spiro atoms. The molecule has 9 heteroatoms. The molecule has 2 heterocycles. The van der Waals surface area contributed by atoms with Crippen LogP contribution in [0.3, 0.4) is 0 Å². The lowest BCUT2D eigenvalue weighted by Gasteiger charge is -2.17. The summed E-state index contributed by atoms with van der Waals surface area (Å²) in [5.41, 5.74) is 6.00. The van der Waals surface area contributed by atoms with Crippen molar-refractivity contribution in [3.05, 3.63) is 28.8 Å². The zero-order valence-corrected chi connectivity index (χ0v) is 14.1. The smallest absolute Gasteiger partial charge is 0.254 e. The first-order valence-corrected chi connectivity index (χ1v) is 9.39. The minimum absolute atomic E-state index is 0.103. The monoisotopic (exact) mass is 358 g/mol. The van der Waals surface area contributed by atoms with E-state index in [0.29, 0.717) is 13.1 Å². The Hall–Kier alpha value is -1.19. The Labute approximate surface area is 140 Å². The zero-order chi connectivity index (χ0) is 16.4. The molecule has 0 aliphatic carbocycles. The molecular formula is C14H19ClN4O3S. The Morgan fingerprint density at radius 3 is 2.70 bits per heavy atom. The Morgan fingerprint density at radius 1 is 1.30 bits per heavy atom. The molecule has 2 aliphatic heterocycles. The maximum absolute atomic E-state index is 12.6. The number of amides is 1. The van der Waals surface area contributed by atoms with Gasteiger partial charge in [0.25, 0.3) is 5.91 Å². The van der Waals surface area contributed by atoms with Crippen LogP contribution in [0.2, 0.25) is 5.02 Å². The minimum Gasteiger partial charge on any atom is -0.335 e. The van der Waals surface area contributed by atoms with E-state index in [-0.39, 0.29) is 21.6 Å². The summed E-state index contributed by atoms with van der Waals surface area (Å²) in [6.07, 6.45) is 2.27. The van der Waals surface area contributed by atoms with Crippen LogP contribution in [0.1, 0.15) is 29.6 Å². The van der Waals surface area contributed by atoms with Gasteiger partial charge in [0.2, 0.25) is 10.0 Å². The third-order valence-electron chi connectivity index (χ3n) is 4.02. The first-order chi connectivity index (χ1) is 11.0. The van der Waals surface area contributed by atoms with Gasteiger partial charge in [-0.25, -0.2) is 13.8 Å². The summed E-state index contributed by atoms with van der Waals surface area (Å²) in [4.78, 5) is 12.5. The molecule has 0 aromatic heterocycles. The van der Waals surface area contributed by atoms with Gasteiger partial charge in [0.1, 0.15) is 0 Å². The van der Waals surface area contributed by atoms with Crippen molar-refractivity contribution in [3.8, 4) is 0 Å². The second-order valence-corrected chi connectivity index (χ2v) is 7.98. The summed E-state index contributed by atoms with van der Waals surface area (Å²) < 4.78 is 26.6. The van der Waals surface area contributed by atoms with Gasteiger partial charge in [-0.3, -0.25) is 10.2 Å². The normalized spacial score (nSPS) is 22.4. The molecule has 126 valence electrons. The largest absolute Gasteiger partial charge is 0.335 e. The number of nitrogens with one attached hydrogen (secondary N) is 3. The minimum atomic E-state index is -3.57. The second kappa shape index (κ2) is 6.74. The number of hydrogen-bond acceptors (Lipinski definition) is 5. The third-order valence-corrected chi connectivity index (χ3v) is 6.25. The number of hydrogen-bond donors (Lipinski definition) is 3. The van der Waals surface area contributed by atoms with Crippen molar-refractivity contribution >= 4 is 27.5 Å². The van der Waals surface area contributed by atoms with Gasteiger partial charge >= 0.3 is 0 Å². The highest BCUT2D eigenvalue weighted by Gasteiger charge is 2.28. The molecular weight excluding hydrogens is 340 g/mol. The molecule has 1 atom stereocenters. The van der Waals surface area contributed by atoms with Gasteiger partial charge in [-0.2, -0.15) is 4.31 Å². The summed E-state index contributed by atoms with van der Waals surface area (Å²) >= 11 is 6.08. The average Bonchev–Trinajstić information content (AvgIpc) is 3.20. The highest BCUT2D eigenvalue weighted by atomic mass is 35.5. The molecule has 2 aliphatic rings.